The lowest BCUT2D eigenvalue weighted by Crippen LogP contribution is -2.13. The topological polar surface area (TPSA) is 105 Å². The molecule has 1 N–H and O–H groups in total. The lowest BCUT2D eigenvalue weighted by atomic mass is 10.1. The molecule has 0 radical (unpaired) electrons. The number of carbonyl (C=O) groups excluding carboxylic acids is 1. The Morgan fingerprint density at radius 2 is 1.71 bits per heavy atom. The molecule has 7 heteroatoms. The quantitative estimate of drug-likeness (QED) is 0.253. The van der Waals surface area contributed by atoms with E-state index in [-0.39, 0.29) is 17.9 Å². The van der Waals surface area contributed by atoms with Crippen LogP contribution in [0.25, 0.3) is 6.08 Å². The molecule has 1 amide bonds. The largest absolute Gasteiger partial charge is 0.489 e. The number of anilines is 1. The molecule has 0 aromatic heterocycles. The first-order valence-electron chi connectivity index (χ1n) is 9.40. The summed E-state index contributed by atoms with van der Waals surface area (Å²) in [6.07, 6.45) is 1.50. The highest BCUT2D eigenvalue weighted by Gasteiger charge is 2.10. The molecule has 0 bridgehead atoms. The molecule has 0 unspecified atom stereocenters. The van der Waals surface area contributed by atoms with Gasteiger partial charge in [0, 0.05) is 17.8 Å². The Morgan fingerprint density at radius 3 is 2.29 bits per heavy atom. The fraction of sp³-hybridized carbons (Fsp3) is 0.0833. The van der Waals surface area contributed by atoms with Gasteiger partial charge in [0.15, 0.2) is 0 Å². The van der Waals surface area contributed by atoms with Gasteiger partial charge in [0.1, 0.15) is 24.0 Å². The summed E-state index contributed by atoms with van der Waals surface area (Å²) in [4.78, 5) is 22.6. The van der Waals surface area contributed by atoms with Crippen molar-refractivity contribution in [3.8, 4) is 11.8 Å². The number of carbonyl (C=O) groups is 1. The summed E-state index contributed by atoms with van der Waals surface area (Å²) in [6, 6.07) is 22.3. The minimum absolute atomic E-state index is 0.0138. The molecule has 0 saturated heterocycles. The van der Waals surface area contributed by atoms with E-state index in [0.29, 0.717) is 17.0 Å². The van der Waals surface area contributed by atoms with Crippen molar-refractivity contribution in [3.63, 3.8) is 0 Å². The predicted octanol–water partition coefficient (Wildman–Crippen LogP) is 5.03. The van der Waals surface area contributed by atoms with E-state index in [2.05, 4.69) is 5.32 Å². The van der Waals surface area contributed by atoms with Crippen LogP contribution in [0, 0.1) is 28.4 Å². The number of nitrogens with zero attached hydrogens (tertiary/aromatic N) is 2. The molecular formula is C24H19N3O4. The number of nitro groups is 1. The highest BCUT2D eigenvalue weighted by Crippen LogP contribution is 2.18. The summed E-state index contributed by atoms with van der Waals surface area (Å²) in [5.74, 6) is 0.114. The molecular weight excluding hydrogens is 394 g/mol. The van der Waals surface area contributed by atoms with E-state index in [9.17, 15) is 20.2 Å². The van der Waals surface area contributed by atoms with Crippen LogP contribution in [-0.4, -0.2) is 10.8 Å². The third-order valence-corrected chi connectivity index (χ3v) is 4.42. The number of rotatable bonds is 7. The van der Waals surface area contributed by atoms with E-state index in [1.54, 1.807) is 48.5 Å². The zero-order valence-corrected chi connectivity index (χ0v) is 16.7. The van der Waals surface area contributed by atoms with Gasteiger partial charge < -0.3 is 10.1 Å². The van der Waals surface area contributed by atoms with Crippen LogP contribution in [-0.2, 0) is 11.4 Å². The lowest BCUT2D eigenvalue weighted by Gasteiger charge is -2.07. The van der Waals surface area contributed by atoms with Crippen LogP contribution < -0.4 is 10.1 Å². The number of non-ortho nitro benzene ring substituents is 1. The van der Waals surface area contributed by atoms with Crippen molar-refractivity contribution in [2.75, 3.05) is 5.32 Å². The number of aryl methyl sites for hydroxylation is 1. The molecule has 0 aliphatic carbocycles. The van der Waals surface area contributed by atoms with E-state index in [4.69, 9.17) is 4.74 Å². The van der Waals surface area contributed by atoms with Gasteiger partial charge in [-0.2, -0.15) is 5.26 Å². The monoisotopic (exact) mass is 413 g/mol. The van der Waals surface area contributed by atoms with Gasteiger partial charge >= 0.3 is 0 Å². The van der Waals surface area contributed by atoms with Crippen molar-refractivity contribution in [1.82, 2.24) is 0 Å². The number of hydrogen-bond donors (Lipinski definition) is 1. The number of hydrogen-bond acceptors (Lipinski definition) is 5. The first kappa shape index (κ1) is 21.3. The van der Waals surface area contributed by atoms with E-state index in [0.717, 1.165) is 11.1 Å². The van der Waals surface area contributed by atoms with Gasteiger partial charge in [-0.15, -0.1) is 0 Å². The third-order valence-electron chi connectivity index (χ3n) is 4.42. The summed E-state index contributed by atoms with van der Waals surface area (Å²) in [7, 11) is 0. The minimum atomic E-state index is -0.482. The molecule has 0 aliphatic heterocycles. The van der Waals surface area contributed by atoms with Gasteiger partial charge in [0.25, 0.3) is 11.6 Å². The average Bonchev–Trinajstić information content (AvgIpc) is 2.78. The van der Waals surface area contributed by atoms with Crippen molar-refractivity contribution in [2.24, 2.45) is 0 Å². The number of benzene rings is 3. The first-order chi connectivity index (χ1) is 14.9. The number of nitro benzene ring substituents is 1. The van der Waals surface area contributed by atoms with Crippen molar-refractivity contribution < 1.29 is 14.5 Å². The van der Waals surface area contributed by atoms with Gasteiger partial charge in [-0.05, 0) is 60.5 Å². The van der Waals surface area contributed by atoms with E-state index < -0.39 is 10.8 Å². The smallest absolute Gasteiger partial charge is 0.269 e. The number of nitrogens with one attached hydrogen (secondary N) is 1. The van der Waals surface area contributed by atoms with Crippen LogP contribution in [0.1, 0.15) is 16.7 Å². The maximum Gasteiger partial charge on any atom is 0.269 e. The third kappa shape index (κ3) is 6.02. The number of nitriles is 1. The lowest BCUT2D eigenvalue weighted by molar-refractivity contribution is -0.384. The number of ether oxygens (including phenoxy) is 1. The van der Waals surface area contributed by atoms with Gasteiger partial charge in [0.2, 0.25) is 0 Å². The fourth-order valence-corrected chi connectivity index (χ4v) is 2.69. The average molecular weight is 413 g/mol. The molecule has 0 saturated carbocycles. The summed E-state index contributed by atoms with van der Waals surface area (Å²) < 4.78 is 5.68. The molecule has 0 aliphatic rings. The maximum atomic E-state index is 12.4. The van der Waals surface area contributed by atoms with Gasteiger partial charge in [-0.3, -0.25) is 14.9 Å². The molecule has 0 atom stereocenters. The van der Waals surface area contributed by atoms with Gasteiger partial charge in [-0.1, -0.05) is 29.8 Å². The van der Waals surface area contributed by atoms with Crippen LogP contribution in [0.4, 0.5) is 11.4 Å². The zero-order valence-electron chi connectivity index (χ0n) is 16.7. The molecule has 3 aromatic carbocycles. The summed E-state index contributed by atoms with van der Waals surface area (Å²) >= 11 is 0. The predicted molar refractivity (Wildman–Crippen MR) is 117 cm³/mol. The van der Waals surface area contributed by atoms with Crippen molar-refractivity contribution in [1.29, 1.82) is 5.26 Å². The molecule has 7 nitrogen and oxygen atoms in total. The summed E-state index contributed by atoms with van der Waals surface area (Å²) in [6.45, 7) is 2.21. The van der Waals surface area contributed by atoms with E-state index >= 15 is 0 Å². The summed E-state index contributed by atoms with van der Waals surface area (Å²) in [5.41, 5.74) is 3.18. The molecule has 31 heavy (non-hydrogen) atoms. The minimum Gasteiger partial charge on any atom is -0.489 e. The number of amides is 1. The second-order valence-electron chi connectivity index (χ2n) is 6.77. The van der Waals surface area contributed by atoms with Crippen LogP contribution in [0.3, 0.4) is 0 Å². The van der Waals surface area contributed by atoms with Gasteiger partial charge in [0.05, 0.1) is 4.92 Å². The molecule has 0 heterocycles. The second-order valence-corrected chi connectivity index (χ2v) is 6.77. The standard InChI is InChI=1S/C24H19N3O4/c1-17-2-8-21(9-3-17)26-24(28)20(15-25)14-18-6-12-23(13-7-18)31-16-19-4-10-22(11-5-19)27(29)30/h2-14H,16H2,1H3,(H,26,28)/b20-14+. The Balaban J connectivity index is 1.61. The van der Waals surface area contributed by atoms with E-state index in [1.807, 2.05) is 25.1 Å². The molecule has 154 valence electrons. The van der Waals surface area contributed by atoms with E-state index in [1.165, 1.54) is 18.2 Å². The first-order valence-corrected chi connectivity index (χ1v) is 9.40. The normalized spacial score (nSPS) is 10.8. The summed E-state index contributed by atoms with van der Waals surface area (Å²) in [5, 5.41) is 22.7. The van der Waals surface area contributed by atoms with Crippen LogP contribution >= 0.6 is 0 Å². The highest BCUT2D eigenvalue weighted by atomic mass is 16.6. The zero-order chi connectivity index (χ0) is 22.2. The fourth-order valence-electron chi connectivity index (χ4n) is 2.69. The molecule has 3 aromatic rings. The molecule has 0 fully saturated rings. The van der Waals surface area contributed by atoms with Crippen LogP contribution in [0.5, 0.6) is 5.75 Å². The van der Waals surface area contributed by atoms with Crippen molar-refractivity contribution in [2.45, 2.75) is 13.5 Å². The van der Waals surface area contributed by atoms with Crippen molar-refractivity contribution in [3.05, 3.63) is 105 Å². The molecule has 3 rings (SSSR count). The van der Waals surface area contributed by atoms with Crippen LogP contribution in [0.2, 0.25) is 0 Å². The van der Waals surface area contributed by atoms with Gasteiger partial charge in [-0.25, -0.2) is 0 Å². The maximum absolute atomic E-state index is 12.4. The Kier molecular flexibility index (Phi) is 6.76. The SMILES string of the molecule is Cc1ccc(NC(=O)/C(C#N)=C/c2ccc(OCc3ccc([N+](=O)[O-])cc3)cc2)cc1. The Bertz CT molecular complexity index is 1140. The Labute approximate surface area is 179 Å². The second kappa shape index (κ2) is 9.85. The molecule has 0 spiro atoms. The highest BCUT2D eigenvalue weighted by molar-refractivity contribution is 6.09. The Hall–Kier alpha value is -4.44. The van der Waals surface area contributed by atoms with Crippen LogP contribution in [0.15, 0.2) is 78.4 Å². The Morgan fingerprint density at radius 1 is 1.06 bits per heavy atom. The van der Waals surface area contributed by atoms with Crippen molar-refractivity contribution >= 4 is 23.4 Å².